The van der Waals surface area contributed by atoms with Crippen LogP contribution in [0.25, 0.3) is 0 Å². The number of carbonyl (C=O) groups excluding carboxylic acids is 1. The lowest BCUT2D eigenvalue weighted by Crippen LogP contribution is -2.57. The summed E-state index contributed by atoms with van der Waals surface area (Å²) in [6.07, 6.45) is 2.22. The number of nitrogens with zero attached hydrogens (tertiary/aromatic N) is 1. The van der Waals surface area contributed by atoms with E-state index in [0.717, 1.165) is 25.9 Å². The van der Waals surface area contributed by atoms with Crippen LogP contribution in [0.2, 0.25) is 0 Å². The predicted octanol–water partition coefficient (Wildman–Crippen LogP) is 2.38. The van der Waals surface area contributed by atoms with E-state index in [2.05, 4.69) is 36.5 Å². The largest absolute Gasteiger partial charge is 0.337 e. The third-order valence-corrected chi connectivity index (χ3v) is 3.58. The zero-order valence-electron chi connectivity index (χ0n) is 10.6. The van der Waals surface area contributed by atoms with Gasteiger partial charge in [0.2, 0.25) is 0 Å². The van der Waals surface area contributed by atoms with Gasteiger partial charge >= 0.3 is 6.03 Å². The maximum atomic E-state index is 11.5. The van der Waals surface area contributed by atoms with E-state index in [1.807, 2.05) is 13.1 Å². The van der Waals surface area contributed by atoms with Crippen molar-refractivity contribution in [2.45, 2.75) is 25.2 Å². The van der Waals surface area contributed by atoms with Gasteiger partial charge in [-0.25, -0.2) is 4.79 Å². The normalized spacial score (nSPS) is 24.6. The minimum Gasteiger partial charge on any atom is -0.337 e. The summed E-state index contributed by atoms with van der Waals surface area (Å²) in [5, 5.41) is 2.99. The van der Waals surface area contributed by atoms with E-state index in [4.69, 9.17) is 0 Å². The molecule has 1 unspecified atom stereocenters. The summed E-state index contributed by atoms with van der Waals surface area (Å²) < 4.78 is 0. The lowest BCUT2D eigenvalue weighted by atomic mass is 9.75. The van der Waals surface area contributed by atoms with E-state index >= 15 is 0 Å². The molecule has 1 aromatic rings. The molecule has 0 bridgehead atoms. The Balaban J connectivity index is 2.30. The van der Waals surface area contributed by atoms with Crippen molar-refractivity contribution in [3.05, 3.63) is 35.9 Å². The summed E-state index contributed by atoms with van der Waals surface area (Å²) >= 11 is 0. The first kappa shape index (κ1) is 12.0. The lowest BCUT2D eigenvalue weighted by molar-refractivity contribution is 0.164. The van der Waals surface area contributed by atoms with E-state index < -0.39 is 0 Å². The molecular formula is C14H20N2O. The van der Waals surface area contributed by atoms with Crippen molar-refractivity contribution in [2.75, 3.05) is 20.1 Å². The number of rotatable bonds is 3. The highest BCUT2D eigenvalue weighted by atomic mass is 16.2. The fraction of sp³-hybridized carbons (Fsp3) is 0.500. The maximum absolute atomic E-state index is 11.5. The molecule has 1 heterocycles. The van der Waals surface area contributed by atoms with Crippen LogP contribution < -0.4 is 5.32 Å². The van der Waals surface area contributed by atoms with E-state index in [1.165, 1.54) is 5.56 Å². The Bertz CT molecular complexity index is 390. The number of hydrogen-bond donors (Lipinski definition) is 1. The summed E-state index contributed by atoms with van der Waals surface area (Å²) in [6.45, 7) is 3.74. The van der Waals surface area contributed by atoms with Crippen LogP contribution in [0.15, 0.2) is 30.3 Å². The van der Waals surface area contributed by atoms with Crippen molar-refractivity contribution in [1.82, 2.24) is 10.2 Å². The van der Waals surface area contributed by atoms with E-state index in [9.17, 15) is 4.79 Å². The smallest absolute Gasteiger partial charge is 0.317 e. The fourth-order valence-electron chi connectivity index (χ4n) is 2.74. The van der Waals surface area contributed by atoms with Gasteiger partial charge < -0.3 is 10.2 Å². The number of amides is 2. The number of carbonyl (C=O) groups is 1. The van der Waals surface area contributed by atoms with Gasteiger partial charge in [0.15, 0.2) is 0 Å². The van der Waals surface area contributed by atoms with Crippen LogP contribution >= 0.6 is 0 Å². The average molecular weight is 232 g/mol. The molecule has 1 N–H and O–H groups in total. The second kappa shape index (κ2) is 4.78. The molecule has 1 atom stereocenters. The molecule has 2 rings (SSSR count). The molecule has 1 fully saturated rings. The Labute approximate surface area is 103 Å². The molecule has 1 saturated heterocycles. The molecule has 3 nitrogen and oxygen atoms in total. The third kappa shape index (κ3) is 2.28. The molecule has 17 heavy (non-hydrogen) atoms. The maximum Gasteiger partial charge on any atom is 0.317 e. The van der Waals surface area contributed by atoms with Crippen LogP contribution in [0.3, 0.4) is 0 Å². The summed E-state index contributed by atoms with van der Waals surface area (Å²) in [6, 6.07) is 10.6. The highest BCUT2D eigenvalue weighted by molar-refractivity contribution is 5.75. The monoisotopic (exact) mass is 232 g/mol. The zero-order valence-corrected chi connectivity index (χ0v) is 10.6. The number of benzene rings is 1. The van der Waals surface area contributed by atoms with Gasteiger partial charge in [-0.15, -0.1) is 0 Å². The molecule has 0 spiro atoms. The quantitative estimate of drug-likeness (QED) is 0.852. The highest BCUT2D eigenvalue weighted by Gasteiger charge is 2.37. The molecular weight excluding hydrogens is 212 g/mol. The van der Waals surface area contributed by atoms with Crippen molar-refractivity contribution in [3.63, 3.8) is 0 Å². The second-order valence-electron chi connectivity index (χ2n) is 4.91. The van der Waals surface area contributed by atoms with Crippen molar-refractivity contribution < 1.29 is 4.79 Å². The number of likely N-dealkylation sites (N-methyl/N-ethyl adjacent to an activating group) is 1. The fourth-order valence-corrected chi connectivity index (χ4v) is 2.74. The molecule has 3 heteroatoms. The first-order chi connectivity index (χ1) is 8.18. The van der Waals surface area contributed by atoms with Gasteiger partial charge in [0.1, 0.15) is 0 Å². The highest BCUT2D eigenvalue weighted by Crippen LogP contribution is 2.31. The van der Waals surface area contributed by atoms with Crippen LogP contribution in [-0.4, -0.2) is 31.1 Å². The third-order valence-electron chi connectivity index (χ3n) is 3.58. The second-order valence-corrected chi connectivity index (χ2v) is 4.91. The molecule has 0 saturated carbocycles. The molecule has 0 aliphatic carbocycles. The Morgan fingerprint density at radius 1 is 1.35 bits per heavy atom. The van der Waals surface area contributed by atoms with E-state index in [-0.39, 0.29) is 11.4 Å². The number of urea groups is 1. The predicted molar refractivity (Wildman–Crippen MR) is 69.1 cm³/mol. The summed E-state index contributed by atoms with van der Waals surface area (Å²) in [5.74, 6) is 0. The van der Waals surface area contributed by atoms with Crippen molar-refractivity contribution in [3.8, 4) is 0 Å². The summed E-state index contributed by atoms with van der Waals surface area (Å²) in [7, 11) is 1.86. The van der Waals surface area contributed by atoms with Crippen LogP contribution in [0.5, 0.6) is 0 Å². The Hall–Kier alpha value is -1.51. The van der Waals surface area contributed by atoms with Crippen LogP contribution in [0.1, 0.15) is 25.3 Å². The first-order valence-electron chi connectivity index (χ1n) is 6.22. The van der Waals surface area contributed by atoms with Crippen molar-refractivity contribution in [2.24, 2.45) is 0 Å². The minimum atomic E-state index is 0.0349. The standard InChI is InChI=1S/C14H20N2O/c1-3-9-14(12-7-5-4-6-8-12)10-15-13(17)16(2)11-14/h4-8H,3,9-11H2,1-2H3,(H,15,17). The van der Waals surface area contributed by atoms with Crippen molar-refractivity contribution >= 4 is 6.03 Å². The van der Waals surface area contributed by atoms with Crippen LogP contribution in [0.4, 0.5) is 4.79 Å². The summed E-state index contributed by atoms with van der Waals surface area (Å²) in [5.41, 5.74) is 1.40. The molecule has 0 aromatic heterocycles. The lowest BCUT2D eigenvalue weighted by Gasteiger charge is -2.42. The SMILES string of the molecule is CCCC1(c2ccccc2)CNC(=O)N(C)C1. The Morgan fingerprint density at radius 2 is 2.06 bits per heavy atom. The zero-order chi connectivity index (χ0) is 12.3. The molecule has 1 aliphatic rings. The molecule has 0 radical (unpaired) electrons. The van der Waals surface area contributed by atoms with Crippen molar-refractivity contribution in [1.29, 1.82) is 0 Å². The van der Waals surface area contributed by atoms with Gasteiger partial charge in [-0.3, -0.25) is 0 Å². The van der Waals surface area contributed by atoms with Gasteiger partial charge in [0.25, 0.3) is 0 Å². The number of hydrogen-bond acceptors (Lipinski definition) is 1. The number of nitrogens with one attached hydrogen (secondary N) is 1. The Morgan fingerprint density at radius 3 is 2.65 bits per heavy atom. The molecule has 1 aromatic carbocycles. The van der Waals surface area contributed by atoms with E-state index in [0.29, 0.717) is 0 Å². The van der Waals surface area contributed by atoms with Gasteiger partial charge in [-0.2, -0.15) is 0 Å². The average Bonchev–Trinajstić information content (AvgIpc) is 2.35. The first-order valence-corrected chi connectivity index (χ1v) is 6.22. The molecule has 92 valence electrons. The van der Waals surface area contributed by atoms with Gasteiger partial charge in [0, 0.05) is 25.6 Å². The van der Waals surface area contributed by atoms with Gasteiger partial charge in [-0.1, -0.05) is 43.7 Å². The topological polar surface area (TPSA) is 32.3 Å². The van der Waals surface area contributed by atoms with Crippen LogP contribution in [-0.2, 0) is 5.41 Å². The van der Waals surface area contributed by atoms with Crippen LogP contribution in [0, 0.1) is 0 Å². The van der Waals surface area contributed by atoms with Gasteiger partial charge in [-0.05, 0) is 12.0 Å². The van der Waals surface area contributed by atoms with E-state index in [1.54, 1.807) is 4.90 Å². The molecule has 2 amide bonds. The van der Waals surface area contributed by atoms with Gasteiger partial charge in [0.05, 0.1) is 0 Å². The minimum absolute atomic E-state index is 0.0349. The Kier molecular flexibility index (Phi) is 3.36. The summed E-state index contributed by atoms with van der Waals surface area (Å²) in [4.78, 5) is 13.3. The molecule has 1 aliphatic heterocycles.